The molecule has 8 rings (SSSR count). The van der Waals surface area contributed by atoms with Crippen LogP contribution in [0.4, 0.5) is 0 Å². The van der Waals surface area contributed by atoms with Crippen molar-refractivity contribution in [3.05, 3.63) is 167 Å². The Labute approximate surface area is 351 Å². The molecule has 0 heterocycles. The van der Waals surface area contributed by atoms with Crippen LogP contribution in [-0.2, 0) is 37.0 Å². The Morgan fingerprint density at radius 1 is 0.585 bits per heavy atom. The summed E-state index contributed by atoms with van der Waals surface area (Å²) in [5.41, 5.74) is 8.96. The van der Waals surface area contributed by atoms with E-state index in [0.717, 1.165) is 22.4 Å². The average Bonchev–Trinajstić information content (AvgIpc) is 3.66. The van der Waals surface area contributed by atoms with E-state index in [1.54, 1.807) is 5.57 Å². The molecule has 1 aliphatic rings. The van der Waals surface area contributed by atoms with Gasteiger partial charge in [-0.3, -0.25) is 0 Å². The summed E-state index contributed by atoms with van der Waals surface area (Å²) in [6.45, 7) is 16.3. The Morgan fingerprint density at radius 3 is 1.77 bits per heavy atom. The SMILES string of the molecule is CCCC1=Cc2c(ccc3ccccc23)C1c1cc(C(C)(C)C)cc2c1[cH-]c1ccc(C(C)(C)C)cc12.[Cl-].[Cl-].[Zr+3].c1ccc([Si]c2ccccc2)cc1. The number of rotatable bonds is 5. The van der Waals surface area contributed by atoms with E-state index in [4.69, 9.17) is 0 Å². The van der Waals surface area contributed by atoms with Gasteiger partial charge in [-0.1, -0.05) is 215 Å². The maximum atomic E-state index is 2.53. The van der Waals surface area contributed by atoms with Gasteiger partial charge < -0.3 is 24.8 Å². The minimum Gasteiger partial charge on any atom is -1.00 e. The van der Waals surface area contributed by atoms with Gasteiger partial charge in [0.05, 0.1) is 0 Å². The molecule has 0 aliphatic heterocycles. The summed E-state index contributed by atoms with van der Waals surface area (Å²) in [4.78, 5) is 0. The van der Waals surface area contributed by atoms with E-state index in [1.807, 2.05) is 0 Å². The van der Waals surface area contributed by atoms with Crippen LogP contribution in [0.5, 0.6) is 0 Å². The second kappa shape index (κ2) is 17.6. The molecule has 0 aromatic heterocycles. The van der Waals surface area contributed by atoms with Crippen molar-refractivity contribution in [2.75, 3.05) is 0 Å². The second-order valence-electron chi connectivity index (χ2n) is 16.0. The third-order valence-corrected chi connectivity index (χ3v) is 11.5. The van der Waals surface area contributed by atoms with Crippen LogP contribution in [0.3, 0.4) is 0 Å². The predicted molar refractivity (Wildman–Crippen MR) is 221 cm³/mol. The number of allylic oxidation sites excluding steroid dienone is 1. The van der Waals surface area contributed by atoms with Gasteiger partial charge in [0.2, 0.25) is 0 Å². The Bertz CT molecular complexity index is 2290. The molecule has 0 spiro atoms. The molecule has 0 N–H and O–H groups in total. The molecule has 0 saturated heterocycles. The van der Waals surface area contributed by atoms with Crippen LogP contribution in [0.1, 0.15) is 95.0 Å². The van der Waals surface area contributed by atoms with Crippen molar-refractivity contribution in [1.82, 2.24) is 0 Å². The van der Waals surface area contributed by atoms with E-state index in [0.29, 0.717) is 5.92 Å². The quantitative estimate of drug-likeness (QED) is 0.145. The molecule has 1 atom stereocenters. The van der Waals surface area contributed by atoms with Gasteiger partial charge in [-0.05, 0) is 39.2 Å². The summed E-state index contributed by atoms with van der Waals surface area (Å²) in [5, 5.41) is 11.1. The minimum atomic E-state index is 0. The molecule has 0 bridgehead atoms. The summed E-state index contributed by atoms with van der Waals surface area (Å²) < 4.78 is 0. The van der Waals surface area contributed by atoms with Gasteiger partial charge in [-0.25, -0.2) is 0 Å². The second-order valence-corrected chi connectivity index (χ2v) is 17.4. The van der Waals surface area contributed by atoms with E-state index >= 15 is 0 Å². The summed E-state index contributed by atoms with van der Waals surface area (Å²) in [6.07, 6.45) is 4.80. The van der Waals surface area contributed by atoms with Gasteiger partial charge in [0.1, 0.15) is 9.52 Å². The van der Waals surface area contributed by atoms with Crippen molar-refractivity contribution in [3.63, 3.8) is 0 Å². The van der Waals surface area contributed by atoms with E-state index in [2.05, 4.69) is 188 Å². The van der Waals surface area contributed by atoms with Crippen LogP contribution in [0.25, 0.3) is 38.4 Å². The molecule has 0 nitrogen and oxygen atoms in total. The summed E-state index contributed by atoms with van der Waals surface area (Å²) in [5.74, 6) is 0.309. The van der Waals surface area contributed by atoms with Crippen molar-refractivity contribution in [2.24, 2.45) is 0 Å². The van der Waals surface area contributed by atoms with Crippen molar-refractivity contribution in [1.29, 1.82) is 0 Å². The van der Waals surface area contributed by atoms with E-state index in [-0.39, 0.29) is 61.8 Å². The zero-order valence-electron chi connectivity index (χ0n) is 32.0. The first-order chi connectivity index (χ1) is 24.0. The van der Waals surface area contributed by atoms with Crippen molar-refractivity contribution < 1.29 is 51.0 Å². The van der Waals surface area contributed by atoms with Gasteiger partial charge in [0.25, 0.3) is 0 Å². The van der Waals surface area contributed by atoms with Gasteiger partial charge in [0, 0.05) is 5.92 Å². The van der Waals surface area contributed by atoms with E-state index in [9.17, 15) is 0 Å². The zero-order chi connectivity index (χ0) is 35.0. The number of fused-ring (bicyclic) bond motifs is 6. The molecule has 7 aromatic carbocycles. The molecule has 0 saturated carbocycles. The molecule has 7 aromatic rings. The van der Waals surface area contributed by atoms with Crippen LogP contribution in [-0.4, -0.2) is 9.52 Å². The van der Waals surface area contributed by atoms with Crippen LogP contribution in [0.15, 0.2) is 139 Å². The monoisotopic (exact) mass is 825 g/mol. The molecule has 1 unspecified atom stereocenters. The number of hydrogen-bond donors (Lipinski definition) is 0. The van der Waals surface area contributed by atoms with Gasteiger partial charge in [-0.2, -0.15) is 0 Å². The van der Waals surface area contributed by atoms with Crippen LogP contribution in [0, 0.1) is 0 Å². The first-order valence-electron chi connectivity index (χ1n) is 18.3. The largest absolute Gasteiger partial charge is 3.00 e. The van der Waals surface area contributed by atoms with Crippen LogP contribution in [0.2, 0.25) is 0 Å². The molecule has 0 fully saturated rings. The molecular formula is C49H49Cl2SiZr. The fraction of sp³-hybridized carbons (Fsp3) is 0.245. The Morgan fingerprint density at radius 2 is 1.17 bits per heavy atom. The van der Waals surface area contributed by atoms with Gasteiger partial charge >= 0.3 is 26.2 Å². The molecule has 4 heteroatoms. The van der Waals surface area contributed by atoms with Gasteiger partial charge in [0.15, 0.2) is 0 Å². The topological polar surface area (TPSA) is 0 Å². The molecule has 1 aliphatic carbocycles. The molecule has 53 heavy (non-hydrogen) atoms. The van der Waals surface area contributed by atoms with E-state index < -0.39 is 0 Å². The fourth-order valence-corrected chi connectivity index (χ4v) is 8.60. The Kier molecular flexibility index (Phi) is 14.1. The Hall–Kier alpha value is -3.13. The van der Waals surface area contributed by atoms with Crippen LogP contribution >= 0.6 is 0 Å². The number of benzene rings is 6. The van der Waals surface area contributed by atoms with E-state index in [1.165, 1.54) is 70.5 Å². The first kappa shape index (κ1) is 42.6. The maximum Gasteiger partial charge on any atom is 3.00 e. The predicted octanol–water partition coefficient (Wildman–Crippen LogP) is 6.14. The fourth-order valence-electron chi connectivity index (χ4n) is 7.54. The summed E-state index contributed by atoms with van der Waals surface area (Å²) in [7, 11) is 0.777. The van der Waals surface area contributed by atoms with Crippen molar-refractivity contribution in [3.8, 4) is 0 Å². The minimum absolute atomic E-state index is 0. The number of halogens is 2. The van der Waals surface area contributed by atoms with Gasteiger partial charge in [-0.15, -0.1) is 33.7 Å². The molecule has 3 radical (unpaired) electrons. The van der Waals surface area contributed by atoms with Crippen LogP contribution < -0.4 is 35.2 Å². The smallest absolute Gasteiger partial charge is 1.00 e. The van der Waals surface area contributed by atoms with Crippen molar-refractivity contribution >= 4 is 58.3 Å². The molecular weight excluding hydrogens is 779 g/mol. The third-order valence-electron chi connectivity index (χ3n) is 10.3. The number of hydrogen-bond acceptors (Lipinski definition) is 0. The molecule has 267 valence electrons. The average molecular weight is 828 g/mol. The maximum absolute atomic E-state index is 2.53. The standard InChI is InChI=1S/C37H39.C12H10Si.2ClH.Zr/c1-8-11-25-19-31-28-13-10-9-12-23(28)15-17-29(31)35(25)34-22-27(37(5,6)7)21-33-30-20-26(36(2,3)4)16-14-24(30)18-32(33)34;1-3-7-11(8-4-1)13-12-9-5-2-6-10-12;;;/h9-10,12-22,35H,8,11H2,1-7H3;1-10H;2*1H;/q-1;;;;+3/p-2. The third kappa shape index (κ3) is 9.06. The Balaban J connectivity index is 0.000000333. The first-order valence-corrected chi connectivity index (χ1v) is 19.3. The van der Waals surface area contributed by atoms with Crippen molar-refractivity contribution in [2.45, 2.75) is 78.1 Å². The zero-order valence-corrected chi connectivity index (χ0v) is 37.0. The summed E-state index contributed by atoms with van der Waals surface area (Å²) >= 11 is 0. The molecule has 0 amide bonds. The normalized spacial score (nSPS) is 13.6. The summed E-state index contributed by atoms with van der Waals surface area (Å²) in [6, 6.07) is 49.3.